The Bertz CT molecular complexity index is 492. The number of amides is 1. The van der Waals surface area contributed by atoms with Crippen molar-refractivity contribution in [1.82, 2.24) is 4.90 Å². The summed E-state index contributed by atoms with van der Waals surface area (Å²) in [6, 6.07) is 5.62. The lowest BCUT2D eigenvalue weighted by Crippen LogP contribution is -2.30. The van der Waals surface area contributed by atoms with E-state index in [0.29, 0.717) is 38.6 Å². The Hall–Kier alpha value is -1.95. The number of fused-ring (bicyclic) bond motifs is 1. The van der Waals surface area contributed by atoms with Crippen LogP contribution < -0.4 is 15.2 Å². The number of hydrogen-bond acceptors (Lipinski definition) is 5. The molecule has 2 aliphatic heterocycles. The van der Waals surface area contributed by atoms with Gasteiger partial charge >= 0.3 is 6.09 Å². The summed E-state index contributed by atoms with van der Waals surface area (Å²) in [4.78, 5) is 13.2. The van der Waals surface area contributed by atoms with Crippen LogP contribution in [0.2, 0.25) is 0 Å². The highest BCUT2D eigenvalue weighted by Crippen LogP contribution is 2.35. The molecule has 0 aromatic heterocycles. The number of hydrogen-bond donors (Lipinski definition) is 1. The maximum Gasteiger partial charge on any atom is 0.410 e. The molecule has 6 heteroatoms. The van der Waals surface area contributed by atoms with Gasteiger partial charge in [0, 0.05) is 13.1 Å². The van der Waals surface area contributed by atoms with E-state index in [9.17, 15) is 4.79 Å². The molecule has 102 valence electrons. The van der Waals surface area contributed by atoms with Gasteiger partial charge in [-0.15, -0.1) is 0 Å². The molecular formula is C13H16N2O4. The third-order valence-electron chi connectivity index (χ3n) is 3.22. The van der Waals surface area contributed by atoms with Gasteiger partial charge in [-0.1, -0.05) is 6.07 Å². The Morgan fingerprint density at radius 1 is 1.26 bits per heavy atom. The summed E-state index contributed by atoms with van der Waals surface area (Å²) in [5.41, 5.74) is 6.37. The van der Waals surface area contributed by atoms with E-state index in [1.807, 2.05) is 18.2 Å². The van der Waals surface area contributed by atoms with Gasteiger partial charge in [-0.25, -0.2) is 4.79 Å². The first kappa shape index (κ1) is 12.1. The first-order valence-corrected chi connectivity index (χ1v) is 6.33. The Labute approximate surface area is 111 Å². The number of cyclic esters (lactones) is 1. The van der Waals surface area contributed by atoms with Crippen molar-refractivity contribution in [2.24, 2.45) is 5.73 Å². The van der Waals surface area contributed by atoms with Crippen LogP contribution in [0.3, 0.4) is 0 Å². The molecule has 0 bridgehead atoms. The molecule has 2 N–H and O–H groups in total. The molecule has 0 aliphatic carbocycles. The van der Waals surface area contributed by atoms with Gasteiger partial charge in [0.1, 0.15) is 19.3 Å². The van der Waals surface area contributed by atoms with Gasteiger partial charge in [0.05, 0.1) is 6.54 Å². The highest BCUT2D eigenvalue weighted by atomic mass is 16.6. The summed E-state index contributed by atoms with van der Waals surface area (Å²) >= 11 is 0. The number of rotatable bonds is 3. The summed E-state index contributed by atoms with van der Waals surface area (Å²) < 4.78 is 16.3. The fraction of sp³-hybridized carbons (Fsp3) is 0.462. The van der Waals surface area contributed by atoms with Crippen molar-refractivity contribution in [1.29, 1.82) is 0 Å². The van der Waals surface area contributed by atoms with Crippen LogP contribution in [0.1, 0.15) is 11.7 Å². The lowest BCUT2D eigenvalue weighted by molar-refractivity contribution is 0.132. The molecule has 19 heavy (non-hydrogen) atoms. The van der Waals surface area contributed by atoms with E-state index in [-0.39, 0.29) is 12.2 Å². The average molecular weight is 264 g/mol. The average Bonchev–Trinajstić information content (AvgIpc) is 2.80. The van der Waals surface area contributed by atoms with E-state index in [1.165, 1.54) is 0 Å². The van der Waals surface area contributed by atoms with Crippen molar-refractivity contribution in [3.63, 3.8) is 0 Å². The summed E-state index contributed by atoms with van der Waals surface area (Å²) in [7, 11) is 0. The van der Waals surface area contributed by atoms with Gasteiger partial charge in [0.25, 0.3) is 0 Å². The third kappa shape index (κ3) is 2.31. The molecule has 1 amide bonds. The first-order chi connectivity index (χ1) is 9.28. The molecular weight excluding hydrogens is 248 g/mol. The second-order valence-corrected chi connectivity index (χ2v) is 4.51. The second kappa shape index (κ2) is 4.97. The number of carbonyl (C=O) groups is 1. The molecule has 2 aliphatic rings. The first-order valence-electron chi connectivity index (χ1n) is 6.33. The van der Waals surface area contributed by atoms with Crippen LogP contribution in [-0.2, 0) is 4.74 Å². The zero-order chi connectivity index (χ0) is 13.2. The predicted octanol–water partition coefficient (Wildman–Crippen LogP) is 0.910. The minimum atomic E-state index is -0.315. The van der Waals surface area contributed by atoms with E-state index in [2.05, 4.69) is 0 Å². The molecule has 3 rings (SSSR count). The molecule has 1 atom stereocenters. The molecule has 1 fully saturated rings. The zero-order valence-electron chi connectivity index (χ0n) is 10.5. The van der Waals surface area contributed by atoms with Gasteiger partial charge < -0.3 is 24.8 Å². The smallest absolute Gasteiger partial charge is 0.410 e. The lowest BCUT2D eigenvalue weighted by atomic mass is 10.1. The van der Waals surface area contributed by atoms with Crippen molar-refractivity contribution in [2.45, 2.75) is 6.10 Å². The maximum absolute atomic E-state index is 11.6. The number of nitrogens with two attached hydrogens (primary N) is 1. The quantitative estimate of drug-likeness (QED) is 0.878. The standard InChI is InChI=1S/C13H16N2O4/c14-3-4-15-8-12(19-13(15)16)9-1-2-10-11(7-9)18-6-5-17-10/h1-2,7,12H,3-6,8,14H2. The molecule has 1 unspecified atom stereocenters. The third-order valence-corrected chi connectivity index (χ3v) is 3.22. The number of nitrogens with zero attached hydrogens (tertiary/aromatic N) is 1. The van der Waals surface area contributed by atoms with E-state index in [1.54, 1.807) is 4.90 Å². The van der Waals surface area contributed by atoms with Gasteiger partial charge in [-0.2, -0.15) is 0 Å². The van der Waals surface area contributed by atoms with Crippen molar-refractivity contribution < 1.29 is 19.0 Å². The van der Waals surface area contributed by atoms with Crippen LogP contribution in [-0.4, -0.2) is 43.8 Å². The molecule has 6 nitrogen and oxygen atoms in total. The molecule has 0 radical (unpaired) electrons. The molecule has 2 heterocycles. The number of ether oxygens (including phenoxy) is 3. The Kier molecular flexibility index (Phi) is 3.16. The number of benzene rings is 1. The van der Waals surface area contributed by atoms with Gasteiger partial charge in [-0.05, 0) is 17.7 Å². The van der Waals surface area contributed by atoms with Crippen molar-refractivity contribution >= 4 is 6.09 Å². The summed E-state index contributed by atoms with van der Waals surface area (Å²) in [6.45, 7) is 2.58. The minimum Gasteiger partial charge on any atom is -0.486 e. The van der Waals surface area contributed by atoms with Crippen molar-refractivity contribution in [3.8, 4) is 11.5 Å². The van der Waals surface area contributed by atoms with Gasteiger partial charge in [0.2, 0.25) is 0 Å². The molecule has 1 aromatic carbocycles. The van der Waals surface area contributed by atoms with Gasteiger partial charge in [0.15, 0.2) is 11.5 Å². The van der Waals surface area contributed by atoms with Crippen molar-refractivity contribution in [3.05, 3.63) is 23.8 Å². The predicted molar refractivity (Wildman–Crippen MR) is 67.3 cm³/mol. The summed E-state index contributed by atoms with van der Waals surface area (Å²) in [6.07, 6.45) is -0.583. The van der Waals surface area contributed by atoms with Crippen molar-refractivity contribution in [2.75, 3.05) is 32.8 Å². The van der Waals surface area contributed by atoms with Crippen LogP contribution in [0, 0.1) is 0 Å². The fourth-order valence-electron chi connectivity index (χ4n) is 2.28. The molecule has 1 saturated heterocycles. The SMILES string of the molecule is NCCN1CC(c2ccc3c(c2)OCCO3)OC1=O. The normalized spacial score (nSPS) is 21.4. The van der Waals surface area contributed by atoms with Crippen LogP contribution in [0.5, 0.6) is 11.5 Å². The Morgan fingerprint density at radius 3 is 2.84 bits per heavy atom. The zero-order valence-corrected chi connectivity index (χ0v) is 10.5. The molecule has 0 spiro atoms. The summed E-state index contributed by atoms with van der Waals surface area (Å²) in [5, 5.41) is 0. The van der Waals surface area contributed by atoms with E-state index >= 15 is 0 Å². The fourth-order valence-corrected chi connectivity index (χ4v) is 2.28. The second-order valence-electron chi connectivity index (χ2n) is 4.51. The van der Waals surface area contributed by atoms with E-state index < -0.39 is 0 Å². The van der Waals surface area contributed by atoms with Crippen LogP contribution in [0.4, 0.5) is 4.79 Å². The highest BCUT2D eigenvalue weighted by molar-refractivity contribution is 5.70. The van der Waals surface area contributed by atoms with E-state index in [0.717, 1.165) is 11.3 Å². The van der Waals surface area contributed by atoms with Crippen LogP contribution >= 0.6 is 0 Å². The lowest BCUT2D eigenvalue weighted by Gasteiger charge is -2.19. The van der Waals surface area contributed by atoms with Gasteiger partial charge in [-0.3, -0.25) is 0 Å². The number of carbonyl (C=O) groups excluding carboxylic acids is 1. The van der Waals surface area contributed by atoms with E-state index in [4.69, 9.17) is 19.9 Å². The Morgan fingerprint density at radius 2 is 2.05 bits per heavy atom. The topological polar surface area (TPSA) is 74.0 Å². The van der Waals surface area contributed by atoms with Crippen LogP contribution in [0.25, 0.3) is 0 Å². The monoisotopic (exact) mass is 264 g/mol. The highest BCUT2D eigenvalue weighted by Gasteiger charge is 2.32. The summed E-state index contributed by atoms with van der Waals surface area (Å²) in [5.74, 6) is 1.44. The minimum absolute atomic E-state index is 0.269. The maximum atomic E-state index is 11.6. The largest absolute Gasteiger partial charge is 0.486 e. The van der Waals surface area contributed by atoms with Crippen LogP contribution in [0.15, 0.2) is 18.2 Å². The molecule has 1 aromatic rings. The Balaban J connectivity index is 1.78. The molecule has 0 saturated carbocycles.